The van der Waals surface area contributed by atoms with Crippen LogP contribution in [0.15, 0.2) is 28.9 Å². The zero-order valence-electron chi connectivity index (χ0n) is 10.1. The summed E-state index contributed by atoms with van der Waals surface area (Å²) in [5.41, 5.74) is 0.309. The van der Waals surface area contributed by atoms with E-state index in [0.717, 1.165) is 0 Å². The molecule has 0 bridgehead atoms. The number of fused-ring (bicyclic) bond motifs is 1. The number of H-pyrrole nitrogens is 1. The molecule has 1 N–H and O–H groups in total. The lowest BCUT2D eigenvalue weighted by molar-refractivity contribution is -0.384. The zero-order chi connectivity index (χ0) is 15.0. The molecule has 0 aliphatic carbocycles. The summed E-state index contributed by atoms with van der Waals surface area (Å²) in [5, 5.41) is 17.8. The van der Waals surface area contributed by atoms with Crippen LogP contribution >= 0.6 is 27.5 Å². The minimum atomic E-state index is -0.514. The van der Waals surface area contributed by atoms with Crippen LogP contribution in [0.25, 0.3) is 11.0 Å². The highest BCUT2D eigenvalue weighted by atomic mass is 79.9. The number of nitrogens with one attached hydrogen (secondary N) is 1. The number of rotatable bonds is 3. The van der Waals surface area contributed by atoms with Crippen LogP contribution in [-0.4, -0.2) is 25.1 Å². The summed E-state index contributed by atoms with van der Waals surface area (Å²) in [6.07, 6.45) is 1.48. The number of nitro groups is 1. The molecule has 8 nitrogen and oxygen atoms in total. The predicted octanol–water partition coefficient (Wildman–Crippen LogP) is 3.47. The van der Waals surface area contributed by atoms with E-state index >= 15 is 0 Å². The van der Waals surface area contributed by atoms with Gasteiger partial charge in [0, 0.05) is 6.07 Å². The SMILES string of the molecule is O=[N+]([O-])c1ccc(Br)c(Oc2nc(Cl)nc3[nH]ncc23)c1. The van der Waals surface area contributed by atoms with Crippen molar-refractivity contribution in [3.8, 4) is 11.6 Å². The number of halogens is 2. The Kier molecular flexibility index (Phi) is 3.43. The van der Waals surface area contributed by atoms with Crippen LogP contribution in [0.2, 0.25) is 5.28 Å². The maximum absolute atomic E-state index is 10.8. The van der Waals surface area contributed by atoms with E-state index in [0.29, 0.717) is 15.5 Å². The molecular formula is C11H5BrClN5O3. The molecule has 0 aliphatic rings. The maximum atomic E-state index is 10.8. The van der Waals surface area contributed by atoms with Gasteiger partial charge in [0.15, 0.2) is 11.4 Å². The van der Waals surface area contributed by atoms with Gasteiger partial charge in [0.1, 0.15) is 5.39 Å². The van der Waals surface area contributed by atoms with Crippen molar-refractivity contribution in [2.45, 2.75) is 0 Å². The largest absolute Gasteiger partial charge is 0.437 e. The molecule has 21 heavy (non-hydrogen) atoms. The van der Waals surface area contributed by atoms with E-state index in [9.17, 15) is 10.1 Å². The molecule has 0 saturated carbocycles. The van der Waals surface area contributed by atoms with Crippen LogP contribution in [0.4, 0.5) is 5.69 Å². The van der Waals surface area contributed by atoms with Crippen molar-refractivity contribution in [1.29, 1.82) is 0 Å². The van der Waals surface area contributed by atoms with Gasteiger partial charge in [0.25, 0.3) is 5.69 Å². The van der Waals surface area contributed by atoms with Gasteiger partial charge >= 0.3 is 0 Å². The lowest BCUT2D eigenvalue weighted by Gasteiger charge is -2.07. The summed E-state index contributed by atoms with van der Waals surface area (Å²) < 4.78 is 6.15. The van der Waals surface area contributed by atoms with Gasteiger partial charge in [-0.15, -0.1) is 0 Å². The third-order valence-corrected chi connectivity index (χ3v) is 3.40. The Balaban J connectivity index is 2.08. The van der Waals surface area contributed by atoms with Gasteiger partial charge in [-0.25, -0.2) is 0 Å². The first-order chi connectivity index (χ1) is 10.0. The number of ether oxygens (including phenoxy) is 1. The standard InChI is InChI=1S/C11H5BrClN5O3/c12-7-2-1-5(18(19)20)3-8(7)21-10-6-4-14-17-9(6)15-11(13)16-10/h1-4H,(H,14,15,16,17). The molecule has 106 valence electrons. The number of hydrogen-bond acceptors (Lipinski definition) is 6. The quantitative estimate of drug-likeness (QED) is 0.430. The van der Waals surface area contributed by atoms with Crippen LogP contribution in [0.3, 0.4) is 0 Å². The van der Waals surface area contributed by atoms with Crippen LogP contribution in [0.5, 0.6) is 11.6 Å². The molecule has 0 saturated heterocycles. The Morgan fingerprint density at radius 3 is 2.95 bits per heavy atom. The van der Waals surface area contributed by atoms with Gasteiger partial charge in [0.2, 0.25) is 11.2 Å². The zero-order valence-corrected chi connectivity index (χ0v) is 12.4. The van der Waals surface area contributed by atoms with Gasteiger partial charge in [-0.2, -0.15) is 15.1 Å². The first kappa shape index (κ1) is 13.7. The van der Waals surface area contributed by atoms with Crippen LogP contribution in [0, 0.1) is 10.1 Å². The van der Waals surface area contributed by atoms with E-state index < -0.39 is 4.92 Å². The molecule has 3 aromatic rings. The second-order valence-corrected chi connectivity index (χ2v) is 5.10. The Bertz CT molecular complexity index is 853. The van der Waals surface area contributed by atoms with Crippen molar-refractivity contribution >= 4 is 44.3 Å². The summed E-state index contributed by atoms with van der Waals surface area (Å²) >= 11 is 9.06. The number of aromatic nitrogens is 4. The van der Waals surface area contributed by atoms with Crippen molar-refractivity contribution < 1.29 is 9.66 Å². The Hall–Kier alpha value is -2.26. The lowest BCUT2D eigenvalue weighted by atomic mass is 10.3. The first-order valence-corrected chi connectivity index (χ1v) is 6.70. The van der Waals surface area contributed by atoms with E-state index in [1.54, 1.807) is 0 Å². The monoisotopic (exact) mass is 369 g/mol. The molecule has 0 amide bonds. The number of benzene rings is 1. The number of non-ortho nitro benzene ring substituents is 1. The highest BCUT2D eigenvalue weighted by molar-refractivity contribution is 9.10. The van der Waals surface area contributed by atoms with Gasteiger partial charge in [-0.3, -0.25) is 15.2 Å². The summed E-state index contributed by atoms with van der Waals surface area (Å²) in [4.78, 5) is 18.2. The maximum Gasteiger partial charge on any atom is 0.273 e. The summed E-state index contributed by atoms with van der Waals surface area (Å²) in [5.74, 6) is 0.390. The first-order valence-electron chi connectivity index (χ1n) is 5.53. The van der Waals surface area contributed by atoms with Crippen molar-refractivity contribution in [3.05, 3.63) is 44.3 Å². The normalized spacial score (nSPS) is 10.8. The second-order valence-electron chi connectivity index (χ2n) is 3.90. The Morgan fingerprint density at radius 2 is 2.19 bits per heavy atom. The fourth-order valence-electron chi connectivity index (χ4n) is 1.65. The minimum absolute atomic E-state index is 0.0247. The van der Waals surface area contributed by atoms with E-state index in [4.69, 9.17) is 16.3 Å². The van der Waals surface area contributed by atoms with E-state index in [2.05, 4.69) is 36.1 Å². The minimum Gasteiger partial charge on any atom is -0.437 e. The third-order valence-electron chi connectivity index (χ3n) is 2.58. The Morgan fingerprint density at radius 1 is 1.38 bits per heavy atom. The van der Waals surface area contributed by atoms with E-state index in [1.165, 1.54) is 24.4 Å². The van der Waals surface area contributed by atoms with Crippen LogP contribution < -0.4 is 4.74 Å². The fraction of sp³-hybridized carbons (Fsp3) is 0. The predicted molar refractivity (Wildman–Crippen MR) is 77.6 cm³/mol. The van der Waals surface area contributed by atoms with Gasteiger partial charge in [-0.1, -0.05) is 0 Å². The molecule has 10 heteroatoms. The van der Waals surface area contributed by atoms with Gasteiger partial charge in [-0.05, 0) is 33.6 Å². The molecule has 3 rings (SSSR count). The smallest absolute Gasteiger partial charge is 0.273 e. The molecular weight excluding hydrogens is 366 g/mol. The summed E-state index contributed by atoms with van der Waals surface area (Å²) in [6.45, 7) is 0. The van der Waals surface area contributed by atoms with Crippen LogP contribution in [0.1, 0.15) is 0 Å². The summed E-state index contributed by atoms with van der Waals surface area (Å²) in [6, 6.07) is 4.16. The van der Waals surface area contributed by atoms with Crippen LogP contribution in [-0.2, 0) is 0 Å². The average Bonchev–Trinajstić information content (AvgIpc) is 2.89. The molecule has 0 spiro atoms. The molecule has 0 atom stereocenters. The van der Waals surface area contributed by atoms with Crippen molar-refractivity contribution in [3.63, 3.8) is 0 Å². The van der Waals surface area contributed by atoms with Gasteiger partial charge < -0.3 is 4.74 Å². The molecule has 0 aliphatic heterocycles. The number of hydrogen-bond donors (Lipinski definition) is 1. The highest BCUT2D eigenvalue weighted by Gasteiger charge is 2.15. The molecule has 0 fully saturated rings. The average molecular weight is 371 g/mol. The highest BCUT2D eigenvalue weighted by Crippen LogP contribution is 2.34. The topological polar surface area (TPSA) is 107 Å². The third kappa shape index (κ3) is 2.65. The van der Waals surface area contributed by atoms with Crippen molar-refractivity contribution in [1.82, 2.24) is 20.2 Å². The lowest BCUT2D eigenvalue weighted by Crippen LogP contribution is -1.94. The summed E-state index contributed by atoms with van der Waals surface area (Å²) in [7, 11) is 0. The fourth-order valence-corrected chi connectivity index (χ4v) is 2.14. The number of nitro benzene ring substituents is 1. The Labute approximate surface area is 130 Å². The van der Waals surface area contributed by atoms with E-state index in [-0.39, 0.29) is 22.6 Å². The number of aromatic amines is 1. The molecule has 0 unspecified atom stereocenters. The molecule has 0 radical (unpaired) electrons. The number of nitrogens with zero attached hydrogens (tertiary/aromatic N) is 4. The van der Waals surface area contributed by atoms with E-state index in [1.807, 2.05) is 0 Å². The van der Waals surface area contributed by atoms with Crippen molar-refractivity contribution in [2.75, 3.05) is 0 Å². The second kappa shape index (κ2) is 5.26. The molecule has 1 aromatic carbocycles. The molecule has 2 heterocycles. The van der Waals surface area contributed by atoms with Gasteiger partial charge in [0.05, 0.1) is 21.7 Å². The molecule has 2 aromatic heterocycles. The van der Waals surface area contributed by atoms with Crippen molar-refractivity contribution in [2.24, 2.45) is 0 Å².